The lowest BCUT2D eigenvalue weighted by Crippen LogP contribution is -2.52. The van der Waals surface area contributed by atoms with Gasteiger partial charge in [-0.15, -0.1) is 0 Å². The van der Waals surface area contributed by atoms with Crippen LogP contribution in [0.5, 0.6) is 5.75 Å². The van der Waals surface area contributed by atoms with Gasteiger partial charge in [-0.3, -0.25) is 4.79 Å². The molecule has 0 aliphatic heterocycles. The predicted molar refractivity (Wildman–Crippen MR) is 77.1 cm³/mol. The van der Waals surface area contributed by atoms with Crippen molar-refractivity contribution in [3.8, 4) is 5.75 Å². The third kappa shape index (κ3) is 4.24. The Labute approximate surface area is 115 Å². The van der Waals surface area contributed by atoms with Crippen LogP contribution in [-0.4, -0.2) is 18.6 Å². The molecule has 0 radical (unpaired) electrons. The highest BCUT2D eigenvalue weighted by atomic mass is 16.5. The summed E-state index contributed by atoms with van der Waals surface area (Å²) in [7, 11) is 1.63. The number of nitrogens with two attached hydrogens (primary N) is 1. The second kappa shape index (κ2) is 6.57. The van der Waals surface area contributed by atoms with Gasteiger partial charge in [-0.25, -0.2) is 0 Å². The van der Waals surface area contributed by atoms with Crippen LogP contribution in [0.3, 0.4) is 0 Å². The molecule has 2 atom stereocenters. The van der Waals surface area contributed by atoms with Crippen molar-refractivity contribution in [3.63, 3.8) is 0 Å². The molecule has 1 rings (SSSR count). The van der Waals surface area contributed by atoms with Crippen LogP contribution in [0.1, 0.15) is 45.2 Å². The number of benzene rings is 1. The molecular formula is C15H24N2O2. The Kier molecular flexibility index (Phi) is 5.36. The summed E-state index contributed by atoms with van der Waals surface area (Å²) in [5, 5.41) is 2.95. The maximum absolute atomic E-state index is 12.1. The van der Waals surface area contributed by atoms with E-state index in [0.29, 0.717) is 6.42 Å². The van der Waals surface area contributed by atoms with Crippen molar-refractivity contribution in [3.05, 3.63) is 29.8 Å². The van der Waals surface area contributed by atoms with Crippen molar-refractivity contribution in [1.82, 2.24) is 5.32 Å². The Morgan fingerprint density at radius 3 is 2.79 bits per heavy atom. The summed E-state index contributed by atoms with van der Waals surface area (Å²) in [6, 6.07) is 7.56. The van der Waals surface area contributed by atoms with Crippen molar-refractivity contribution >= 4 is 5.91 Å². The number of carbonyl (C=O) groups excluding carboxylic acids is 1. The zero-order chi connectivity index (χ0) is 14.5. The Balaban J connectivity index is 2.73. The zero-order valence-electron chi connectivity index (χ0n) is 12.2. The highest BCUT2D eigenvalue weighted by molar-refractivity contribution is 5.85. The molecule has 3 N–H and O–H groups in total. The van der Waals surface area contributed by atoms with Crippen molar-refractivity contribution in [1.29, 1.82) is 0 Å². The molecule has 106 valence electrons. The largest absolute Gasteiger partial charge is 0.497 e. The number of ether oxygens (including phenoxy) is 1. The van der Waals surface area contributed by atoms with Gasteiger partial charge in [0.15, 0.2) is 0 Å². The molecule has 4 heteroatoms. The molecule has 1 aromatic carbocycles. The monoisotopic (exact) mass is 264 g/mol. The summed E-state index contributed by atoms with van der Waals surface area (Å²) in [4.78, 5) is 12.1. The summed E-state index contributed by atoms with van der Waals surface area (Å²) >= 11 is 0. The standard InChI is InChI=1S/C15H24N2O2/c1-5-9-15(3,16)14(18)17-11(2)12-7-6-8-13(10-12)19-4/h6-8,10-11H,5,9,16H2,1-4H3,(H,17,18). The minimum Gasteiger partial charge on any atom is -0.497 e. The third-order valence-corrected chi connectivity index (χ3v) is 3.23. The Bertz CT molecular complexity index is 430. The lowest BCUT2D eigenvalue weighted by Gasteiger charge is -2.25. The van der Waals surface area contributed by atoms with Crippen LogP contribution in [0.25, 0.3) is 0 Å². The van der Waals surface area contributed by atoms with Gasteiger partial charge in [0.25, 0.3) is 0 Å². The number of hydrogen-bond acceptors (Lipinski definition) is 3. The average Bonchev–Trinajstić information content (AvgIpc) is 2.38. The highest BCUT2D eigenvalue weighted by Crippen LogP contribution is 2.19. The van der Waals surface area contributed by atoms with E-state index in [1.807, 2.05) is 38.1 Å². The second-order valence-electron chi connectivity index (χ2n) is 5.14. The molecule has 0 aromatic heterocycles. The van der Waals surface area contributed by atoms with Gasteiger partial charge < -0.3 is 15.8 Å². The predicted octanol–water partition coefficient (Wildman–Crippen LogP) is 2.39. The molecule has 0 heterocycles. The van der Waals surface area contributed by atoms with E-state index in [2.05, 4.69) is 5.32 Å². The normalized spacial score (nSPS) is 15.4. The van der Waals surface area contributed by atoms with Crippen molar-refractivity contribution < 1.29 is 9.53 Å². The average molecular weight is 264 g/mol. The molecule has 19 heavy (non-hydrogen) atoms. The Morgan fingerprint density at radius 1 is 1.53 bits per heavy atom. The fraction of sp³-hybridized carbons (Fsp3) is 0.533. The van der Waals surface area contributed by atoms with Gasteiger partial charge in [-0.2, -0.15) is 0 Å². The van der Waals surface area contributed by atoms with Crippen LogP contribution in [0, 0.1) is 0 Å². The Hall–Kier alpha value is -1.55. The fourth-order valence-corrected chi connectivity index (χ4v) is 1.99. The first-order valence-electron chi connectivity index (χ1n) is 6.64. The van der Waals surface area contributed by atoms with Gasteiger partial charge in [0.2, 0.25) is 5.91 Å². The number of rotatable bonds is 6. The fourth-order valence-electron chi connectivity index (χ4n) is 1.99. The van der Waals surface area contributed by atoms with Gasteiger partial charge in [0, 0.05) is 0 Å². The van der Waals surface area contributed by atoms with E-state index in [9.17, 15) is 4.79 Å². The number of amides is 1. The summed E-state index contributed by atoms with van der Waals surface area (Å²) in [5.41, 5.74) is 6.20. The van der Waals surface area contributed by atoms with E-state index in [-0.39, 0.29) is 11.9 Å². The molecule has 0 saturated heterocycles. The van der Waals surface area contributed by atoms with Crippen LogP contribution < -0.4 is 15.8 Å². The van der Waals surface area contributed by atoms with Crippen molar-refractivity contribution in [2.24, 2.45) is 5.73 Å². The van der Waals surface area contributed by atoms with Gasteiger partial charge in [0.1, 0.15) is 5.75 Å². The van der Waals surface area contributed by atoms with Gasteiger partial charge in [-0.05, 0) is 38.0 Å². The summed E-state index contributed by atoms with van der Waals surface area (Å²) < 4.78 is 5.18. The maximum atomic E-state index is 12.1. The highest BCUT2D eigenvalue weighted by Gasteiger charge is 2.28. The van der Waals surface area contributed by atoms with Crippen LogP contribution in [-0.2, 0) is 4.79 Å². The number of carbonyl (C=O) groups is 1. The number of methoxy groups -OCH3 is 1. The van der Waals surface area contributed by atoms with Gasteiger partial charge in [-0.1, -0.05) is 25.5 Å². The molecule has 0 fully saturated rings. The van der Waals surface area contributed by atoms with E-state index in [1.54, 1.807) is 14.0 Å². The van der Waals surface area contributed by atoms with E-state index in [1.165, 1.54) is 0 Å². The van der Waals surface area contributed by atoms with Crippen LogP contribution >= 0.6 is 0 Å². The Morgan fingerprint density at radius 2 is 2.21 bits per heavy atom. The summed E-state index contributed by atoms with van der Waals surface area (Å²) in [6.45, 7) is 5.72. The van der Waals surface area contributed by atoms with Crippen molar-refractivity contribution in [2.75, 3.05) is 7.11 Å². The summed E-state index contributed by atoms with van der Waals surface area (Å²) in [5.74, 6) is 0.660. The molecular weight excluding hydrogens is 240 g/mol. The van der Waals surface area contributed by atoms with E-state index >= 15 is 0 Å². The first kappa shape index (κ1) is 15.5. The maximum Gasteiger partial charge on any atom is 0.240 e. The second-order valence-corrected chi connectivity index (χ2v) is 5.14. The molecule has 0 spiro atoms. The minimum absolute atomic E-state index is 0.0951. The molecule has 4 nitrogen and oxygen atoms in total. The summed E-state index contributed by atoms with van der Waals surface area (Å²) in [6.07, 6.45) is 1.55. The molecule has 1 aromatic rings. The molecule has 0 aliphatic rings. The molecule has 1 amide bonds. The zero-order valence-corrected chi connectivity index (χ0v) is 12.2. The van der Waals surface area contributed by atoms with Gasteiger partial charge in [0.05, 0.1) is 18.7 Å². The van der Waals surface area contributed by atoms with Crippen LogP contribution in [0.4, 0.5) is 0 Å². The van der Waals surface area contributed by atoms with E-state index in [0.717, 1.165) is 17.7 Å². The third-order valence-electron chi connectivity index (χ3n) is 3.23. The number of hydrogen-bond donors (Lipinski definition) is 2. The minimum atomic E-state index is -0.818. The van der Waals surface area contributed by atoms with E-state index < -0.39 is 5.54 Å². The first-order chi connectivity index (χ1) is 8.90. The SMILES string of the molecule is CCCC(C)(N)C(=O)NC(C)c1cccc(OC)c1. The first-order valence-corrected chi connectivity index (χ1v) is 6.64. The number of nitrogens with one attached hydrogen (secondary N) is 1. The van der Waals surface area contributed by atoms with Crippen LogP contribution in [0.2, 0.25) is 0 Å². The smallest absolute Gasteiger partial charge is 0.240 e. The lowest BCUT2D eigenvalue weighted by atomic mass is 9.95. The van der Waals surface area contributed by atoms with Gasteiger partial charge >= 0.3 is 0 Å². The molecule has 2 unspecified atom stereocenters. The topological polar surface area (TPSA) is 64.4 Å². The van der Waals surface area contributed by atoms with E-state index in [4.69, 9.17) is 10.5 Å². The molecule has 0 bridgehead atoms. The molecule has 0 aliphatic carbocycles. The van der Waals surface area contributed by atoms with Crippen molar-refractivity contribution in [2.45, 2.75) is 45.2 Å². The molecule has 0 saturated carbocycles. The van der Waals surface area contributed by atoms with Crippen LogP contribution in [0.15, 0.2) is 24.3 Å². The lowest BCUT2D eigenvalue weighted by molar-refractivity contribution is -0.126. The quantitative estimate of drug-likeness (QED) is 0.829.